The van der Waals surface area contributed by atoms with Crippen molar-refractivity contribution in [3.05, 3.63) is 42.2 Å². The van der Waals surface area contributed by atoms with E-state index in [0.29, 0.717) is 11.2 Å². The number of rotatable bonds is 6. The fourth-order valence-electron chi connectivity index (χ4n) is 2.15. The third kappa shape index (κ3) is 3.58. The lowest BCUT2D eigenvalue weighted by Crippen LogP contribution is -2.31. The zero-order chi connectivity index (χ0) is 13.7. The molecule has 19 heavy (non-hydrogen) atoms. The van der Waals surface area contributed by atoms with E-state index in [-0.39, 0.29) is 6.04 Å². The summed E-state index contributed by atoms with van der Waals surface area (Å²) in [6.07, 6.45) is 1.55. The number of hydrogen-bond acceptors (Lipinski definition) is 4. The molecule has 1 aromatic carbocycles. The second-order valence-electron chi connectivity index (χ2n) is 4.79. The van der Waals surface area contributed by atoms with Crippen LogP contribution in [-0.2, 0) is 0 Å². The minimum atomic E-state index is 0.288. The molecule has 0 aliphatic rings. The Hall–Kier alpha value is -1.33. The average Bonchev–Trinajstić information content (AvgIpc) is 2.92. The molecule has 0 aliphatic heterocycles. The first-order valence-electron chi connectivity index (χ1n) is 6.46. The Morgan fingerprint density at radius 1 is 1.21 bits per heavy atom. The van der Waals surface area contributed by atoms with Crippen molar-refractivity contribution in [2.75, 3.05) is 7.05 Å². The van der Waals surface area contributed by atoms with Crippen LogP contribution in [0, 0.1) is 5.92 Å². The van der Waals surface area contributed by atoms with E-state index in [0.717, 1.165) is 5.16 Å². The highest BCUT2D eigenvalue weighted by Crippen LogP contribution is 2.34. The standard InChI is InChI=1S/C14H20N4S/c1-10(2)13(19-14-16-9-17-18-14)12(15-3)11-7-5-4-6-8-11/h4-10,12-13,15H,1-3H3,(H,16,17,18). The van der Waals surface area contributed by atoms with Crippen molar-refractivity contribution in [3.63, 3.8) is 0 Å². The minimum Gasteiger partial charge on any atom is -0.312 e. The van der Waals surface area contributed by atoms with Gasteiger partial charge in [0.15, 0.2) is 5.16 Å². The van der Waals surface area contributed by atoms with Gasteiger partial charge in [-0.2, -0.15) is 5.10 Å². The Labute approximate surface area is 118 Å². The first-order valence-corrected chi connectivity index (χ1v) is 7.34. The highest BCUT2D eigenvalue weighted by atomic mass is 32.2. The van der Waals surface area contributed by atoms with Crippen LogP contribution in [0.4, 0.5) is 0 Å². The maximum atomic E-state index is 4.22. The van der Waals surface area contributed by atoms with E-state index in [2.05, 4.69) is 58.6 Å². The Bertz CT molecular complexity index is 469. The number of thioether (sulfide) groups is 1. The molecule has 2 N–H and O–H groups in total. The van der Waals surface area contributed by atoms with Gasteiger partial charge in [-0.25, -0.2) is 4.98 Å². The summed E-state index contributed by atoms with van der Waals surface area (Å²) in [5, 5.41) is 11.5. The van der Waals surface area contributed by atoms with Gasteiger partial charge in [-0.1, -0.05) is 55.9 Å². The first-order chi connectivity index (χ1) is 9.22. The third-order valence-electron chi connectivity index (χ3n) is 3.10. The zero-order valence-electron chi connectivity index (χ0n) is 11.5. The molecular formula is C14H20N4S. The van der Waals surface area contributed by atoms with Crippen LogP contribution in [-0.4, -0.2) is 27.5 Å². The van der Waals surface area contributed by atoms with Crippen LogP contribution in [0.1, 0.15) is 25.5 Å². The minimum absolute atomic E-state index is 0.288. The number of aromatic amines is 1. The predicted octanol–water partition coefficient (Wildman–Crippen LogP) is 2.88. The molecule has 1 heterocycles. The smallest absolute Gasteiger partial charge is 0.183 e. The molecule has 0 saturated heterocycles. The van der Waals surface area contributed by atoms with Crippen LogP contribution in [0.3, 0.4) is 0 Å². The second kappa shape index (κ2) is 6.73. The molecule has 2 rings (SSSR count). The summed E-state index contributed by atoms with van der Waals surface area (Å²) in [5.41, 5.74) is 1.30. The predicted molar refractivity (Wildman–Crippen MR) is 79.1 cm³/mol. The number of nitrogens with zero attached hydrogens (tertiary/aromatic N) is 2. The average molecular weight is 276 g/mol. The van der Waals surface area contributed by atoms with E-state index in [1.807, 2.05) is 13.1 Å². The first kappa shape index (κ1) is 14.1. The molecule has 0 saturated carbocycles. The summed E-state index contributed by atoms with van der Waals surface area (Å²) in [6.45, 7) is 4.47. The van der Waals surface area contributed by atoms with Gasteiger partial charge in [-0.15, -0.1) is 0 Å². The summed E-state index contributed by atoms with van der Waals surface area (Å²) in [4.78, 5) is 4.22. The number of aromatic nitrogens is 3. The summed E-state index contributed by atoms with van der Waals surface area (Å²) >= 11 is 1.74. The highest BCUT2D eigenvalue weighted by Gasteiger charge is 2.26. The van der Waals surface area contributed by atoms with Gasteiger partial charge in [0.25, 0.3) is 0 Å². The SMILES string of the molecule is CNC(c1ccccc1)C(Sc1ncn[nH]1)C(C)C. The number of hydrogen-bond donors (Lipinski definition) is 2. The van der Waals surface area contributed by atoms with Crippen LogP contribution in [0.5, 0.6) is 0 Å². The van der Waals surface area contributed by atoms with Crippen molar-refractivity contribution >= 4 is 11.8 Å². The lowest BCUT2D eigenvalue weighted by molar-refractivity contribution is 0.472. The van der Waals surface area contributed by atoms with E-state index in [4.69, 9.17) is 0 Å². The van der Waals surface area contributed by atoms with Crippen LogP contribution in [0.15, 0.2) is 41.8 Å². The van der Waals surface area contributed by atoms with E-state index in [9.17, 15) is 0 Å². The molecule has 0 aliphatic carbocycles. The van der Waals surface area contributed by atoms with Crippen LogP contribution in [0.25, 0.3) is 0 Å². The Balaban J connectivity index is 2.21. The van der Waals surface area contributed by atoms with Crippen LogP contribution in [0.2, 0.25) is 0 Å². The largest absolute Gasteiger partial charge is 0.312 e. The number of benzene rings is 1. The van der Waals surface area contributed by atoms with Gasteiger partial charge >= 0.3 is 0 Å². The third-order valence-corrected chi connectivity index (χ3v) is 4.60. The summed E-state index contributed by atoms with van der Waals surface area (Å²) in [6, 6.07) is 10.8. The van der Waals surface area contributed by atoms with Crippen molar-refractivity contribution in [2.24, 2.45) is 5.92 Å². The Morgan fingerprint density at radius 3 is 2.47 bits per heavy atom. The molecule has 2 unspecified atom stereocenters. The summed E-state index contributed by atoms with van der Waals surface area (Å²) in [7, 11) is 2.01. The Morgan fingerprint density at radius 2 is 1.95 bits per heavy atom. The quantitative estimate of drug-likeness (QED) is 0.797. The normalized spacial score (nSPS) is 14.5. The van der Waals surface area contributed by atoms with E-state index < -0.39 is 0 Å². The van der Waals surface area contributed by atoms with E-state index in [1.165, 1.54) is 5.56 Å². The van der Waals surface area contributed by atoms with Crippen molar-refractivity contribution in [2.45, 2.75) is 30.3 Å². The fourth-order valence-corrected chi connectivity index (χ4v) is 3.32. The van der Waals surface area contributed by atoms with Crippen molar-refractivity contribution in [1.29, 1.82) is 0 Å². The van der Waals surface area contributed by atoms with Crippen LogP contribution < -0.4 is 5.32 Å². The van der Waals surface area contributed by atoms with Crippen molar-refractivity contribution < 1.29 is 0 Å². The van der Waals surface area contributed by atoms with E-state index in [1.54, 1.807) is 18.1 Å². The topological polar surface area (TPSA) is 53.6 Å². The number of H-pyrrole nitrogens is 1. The second-order valence-corrected chi connectivity index (χ2v) is 5.96. The van der Waals surface area contributed by atoms with Gasteiger partial charge in [0.1, 0.15) is 6.33 Å². The van der Waals surface area contributed by atoms with Gasteiger partial charge in [0.2, 0.25) is 0 Å². The molecule has 0 radical (unpaired) electrons. The molecule has 102 valence electrons. The summed E-state index contributed by atoms with van der Waals surface area (Å²) < 4.78 is 0. The summed E-state index contributed by atoms with van der Waals surface area (Å²) in [5.74, 6) is 0.521. The van der Waals surface area contributed by atoms with Gasteiger partial charge in [0, 0.05) is 11.3 Å². The molecule has 2 aromatic rings. The van der Waals surface area contributed by atoms with Gasteiger partial charge < -0.3 is 5.32 Å². The molecule has 1 aromatic heterocycles. The molecule has 0 spiro atoms. The van der Waals surface area contributed by atoms with E-state index >= 15 is 0 Å². The maximum Gasteiger partial charge on any atom is 0.183 e. The van der Waals surface area contributed by atoms with Crippen LogP contribution >= 0.6 is 11.8 Å². The molecule has 0 amide bonds. The molecule has 0 fully saturated rings. The molecule has 5 heteroatoms. The molecule has 0 bridgehead atoms. The molecule has 4 nitrogen and oxygen atoms in total. The monoisotopic (exact) mass is 276 g/mol. The maximum absolute atomic E-state index is 4.22. The lowest BCUT2D eigenvalue weighted by atomic mass is 9.96. The lowest BCUT2D eigenvalue weighted by Gasteiger charge is -2.29. The van der Waals surface area contributed by atoms with Gasteiger partial charge in [0.05, 0.1) is 0 Å². The fraction of sp³-hybridized carbons (Fsp3) is 0.429. The molecule has 2 atom stereocenters. The van der Waals surface area contributed by atoms with Gasteiger partial charge in [-0.3, -0.25) is 5.10 Å². The van der Waals surface area contributed by atoms with Crippen molar-refractivity contribution in [1.82, 2.24) is 20.5 Å². The van der Waals surface area contributed by atoms with Gasteiger partial charge in [-0.05, 0) is 18.5 Å². The van der Waals surface area contributed by atoms with Crippen molar-refractivity contribution in [3.8, 4) is 0 Å². The molecular weight excluding hydrogens is 256 g/mol. The Kier molecular flexibility index (Phi) is 4.99. The zero-order valence-corrected chi connectivity index (χ0v) is 12.3. The number of nitrogens with one attached hydrogen (secondary N) is 2. The highest BCUT2D eigenvalue weighted by molar-refractivity contribution is 7.99.